The summed E-state index contributed by atoms with van der Waals surface area (Å²) in [6.45, 7) is 7.03. The predicted octanol–water partition coefficient (Wildman–Crippen LogP) is 3.32. The number of nitrogens with two attached hydrogens (primary N) is 1. The number of hydrogen-bond donors (Lipinski definition) is 3. The van der Waals surface area contributed by atoms with Crippen LogP contribution in [0.5, 0.6) is 0 Å². The topological polar surface area (TPSA) is 66.5 Å². The van der Waals surface area contributed by atoms with Gasteiger partial charge in [0.15, 0.2) is 0 Å². The van der Waals surface area contributed by atoms with E-state index in [2.05, 4.69) is 20.8 Å². The second-order valence-corrected chi connectivity index (χ2v) is 10.3. The molecule has 0 saturated heterocycles. The van der Waals surface area contributed by atoms with Gasteiger partial charge in [-0.25, -0.2) is 0 Å². The molecule has 138 valence electrons. The summed E-state index contributed by atoms with van der Waals surface area (Å²) in [5.74, 6) is 3.02. The summed E-state index contributed by atoms with van der Waals surface area (Å²) in [5, 5.41) is 21.4. The van der Waals surface area contributed by atoms with Crippen molar-refractivity contribution in [1.82, 2.24) is 0 Å². The molecule has 4 N–H and O–H groups in total. The minimum Gasteiger partial charge on any atom is -0.393 e. The highest BCUT2D eigenvalue weighted by atomic mass is 16.3. The quantitative estimate of drug-likeness (QED) is 0.688. The van der Waals surface area contributed by atoms with Crippen molar-refractivity contribution >= 4 is 0 Å². The van der Waals surface area contributed by atoms with Gasteiger partial charge in [-0.05, 0) is 98.7 Å². The molecule has 0 spiro atoms. The largest absolute Gasteiger partial charge is 0.393 e. The molecule has 0 aliphatic heterocycles. The lowest BCUT2D eigenvalue weighted by molar-refractivity contribution is -0.178. The van der Waals surface area contributed by atoms with Crippen molar-refractivity contribution in [2.24, 2.45) is 46.2 Å². The first kappa shape index (κ1) is 17.3. The zero-order chi connectivity index (χ0) is 17.3. The molecular formula is C21H37NO2. The van der Waals surface area contributed by atoms with Crippen LogP contribution >= 0.6 is 0 Å². The van der Waals surface area contributed by atoms with Crippen molar-refractivity contribution in [3.63, 3.8) is 0 Å². The van der Waals surface area contributed by atoms with Gasteiger partial charge in [0.1, 0.15) is 0 Å². The maximum Gasteiger partial charge on any atom is 0.0581 e. The molecule has 0 amide bonds. The van der Waals surface area contributed by atoms with Crippen LogP contribution in [0, 0.1) is 40.4 Å². The van der Waals surface area contributed by atoms with Crippen LogP contribution in [-0.2, 0) is 0 Å². The number of hydrogen-bond acceptors (Lipinski definition) is 3. The van der Waals surface area contributed by atoms with Crippen molar-refractivity contribution in [2.75, 3.05) is 0 Å². The molecule has 0 heterocycles. The second kappa shape index (κ2) is 5.69. The minimum atomic E-state index is -0.182. The van der Waals surface area contributed by atoms with E-state index in [-0.39, 0.29) is 29.1 Å². The van der Waals surface area contributed by atoms with E-state index in [1.165, 1.54) is 25.7 Å². The van der Waals surface area contributed by atoms with Crippen molar-refractivity contribution < 1.29 is 10.2 Å². The molecule has 10 atom stereocenters. The predicted molar refractivity (Wildman–Crippen MR) is 96.3 cm³/mol. The van der Waals surface area contributed by atoms with Crippen LogP contribution in [-0.4, -0.2) is 28.5 Å². The Labute approximate surface area is 147 Å². The van der Waals surface area contributed by atoms with Crippen LogP contribution in [0.15, 0.2) is 0 Å². The Morgan fingerprint density at radius 1 is 1.00 bits per heavy atom. The first-order valence-corrected chi connectivity index (χ1v) is 10.4. The van der Waals surface area contributed by atoms with Gasteiger partial charge in [-0.3, -0.25) is 0 Å². The summed E-state index contributed by atoms with van der Waals surface area (Å²) < 4.78 is 0. The zero-order valence-corrected chi connectivity index (χ0v) is 15.7. The second-order valence-electron chi connectivity index (χ2n) is 10.3. The van der Waals surface area contributed by atoms with Gasteiger partial charge in [-0.1, -0.05) is 13.8 Å². The normalized spacial score (nSPS) is 58.5. The molecule has 4 saturated carbocycles. The molecular weight excluding hydrogens is 298 g/mol. The number of aliphatic hydroxyl groups excluding tert-OH is 2. The fraction of sp³-hybridized carbons (Fsp3) is 1.00. The van der Waals surface area contributed by atoms with Gasteiger partial charge in [-0.15, -0.1) is 0 Å². The van der Waals surface area contributed by atoms with Gasteiger partial charge in [-0.2, -0.15) is 0 Å². The van der Waals surface area contributed by atoms with E-state index in [1.807, 2.05) is 0 Å². The molecule has 24 heavy (non-hydrogen) atoms. The SMILES string of the molecule is CC(N)[C@H]1CCC2C3CCC4C[C@@H](O)CC[C@]4(C)C3C(O)C[C@@]21C. The lowest BCUT2D eigenvalue weighted by Gasteiger charge is -2.62. The Morgan fingerprint density at radius 2 is 1.75 bits per heavy atom. The summed E-state index contributed by atoms with van der Waals surface area (Å²) in [6.07, 6.45) is 8.67. The van der Waals surface area contributed by atoms with E-state index in [0.29, 0.717) is 23.7 Å². The molecule has 4 aliphatic carbocycles. The van der Waals surface area contributed by atoms with Crippen molar-refractivity contribution in [3.8, 4) is 0 Å². The third kappa shape index (κ3) is 2.27. The Balaban J connectivity index is 1.66. The molecule has 0 aromatic heterocycles. The molecule has 0 bridgehead atoms. The first-order chi connectivity index (χ1) is 11.3. The van der Waals surface area contributed by atoms with E-state index in [4.69, 9.17) is 5.73 Å². The van der Waals surface area contributed by atoms with E-state index < -0.39 is 0 Å². The highest BCUT2D eigenvalue weighted by molar-refractivity contribution is 5.12. The van der Waals surface area contributed by atoms with E-state index >= 15 is 0 Å². The van der Waals surface area contributed by atoms with Crippen LogP contribution in [0.25, 0.3) is 0 Å². The summed E-state index contributed by atoms with van der Waals surface area (Å²) in [5.41, 5.74) is 6.80. The molecule has 3 heteroatoms. The van der Waals surface area contributed by atoms with Crippen LogP contribution < -0.4 is 5.73 Å². The van der Waals surface area contributed by atoms with Gasteiger partial charge >= 0.3 is 0 Å². The van der Waals surface area contributed by atoms with Crippen LogP contribution in [0.3, 0.4) is 0 Å². The van der Waals surface area contributed by atoms with Crippen LogP contribution in [0.2, 0.25) is 0 Å². The Kier molecular flexibility index (Phi) is 4.10. The lowest BCUT2D eigenvalue weighted by Crippen LogP contribution is -2.59. The summed E-state index contributed by atoms with van der Waals surface area (Å²) in [4.78, 5) is 0. The van der Waals surface area contributed by atoms with E-state index in [9.17, 15) is 10.2 Å². The number of fused-ring (bicyclic) bond motifs is 5. The minimum absolute atomic E-state index is 0.112. The van der Waals surface area contributed by atoms with Crippen LogP contribution in [0.4, 0.5) is 0 Å². The fourth-order valence-corrected chi connectivity index (χ4v) is 8.26. The third-order valence-electron chi connectivity index (χ3n) is 9.27. The Morgan fingerprint density at radius 3 is 2.46 bits per heavy atom. The molecule has 0 aromatic rings. The monoisotopic (exact) mass is 335 g/mol. The van der Waals surface area contributed by atoms with Crippen LogP contribution in [0.1, 0.15) is 72.1 Å². The fourth-order valence-electron chi connectivity index (χ4n) is 8.26. The molecule has 0 aromatic carbocycles. The van der Waals surface area contributed by atoms with E-state index in [0.717, 1.165) is 31.6 Å². The smallest absolute Gasteiger partial charge is 0.0581 e. The first-order valence-electron chi connectivity index (χ1n) is 10.4. The highest BCUT2D eigenvalue weighted by Gasteiger charge is 2.63. The summed E-state index contributed by atoms with van der Waals surface area (Å²) >= 11 is 0. The Bertz CT molecular complexity index is 494. The maximum absolute atomic E-state index is 11.3. The van der Waals surface area contributed by atoms with Gasteiger partial charge in [0, 0.05) is 6.04 Å². The molecule has 6 unspecified atom stereocenters. The average Bonchev–Trinajstić information content (AvgIpc) is 2.84. The van der Waals surface area contributed by atoms with Gasteiger partial charge in [0.25, 0.3) is 0 Å². The van der Waals surface area contributed by atoms with Crippen molar-refractivity contribution in [3.05, 3.63) is 0 Å². The average molecular weight is 336 g/mol. The van der Waals surface area contributed by atoms with Gasteiger partial charge in [0.2, 0.25) is 0 Å². The summed E-state index contributed by atoms with van der Waals surface area (Å²) in [7, 11) is 0. The lowest BCUT2D eigenvalue weighted by atomic mass is 9.43. The standard InChI is InChI=1S/C21H37NO2/c1-12(22)16-6-7-17-15-5-4-13-10-14(23)8-9-20(13,2)19(15)18(24)11-21(16,17)3/h12-19,23-24H,4-11,22H2,1-3H3/t12?,13?,14-,15?,16+,17?,18?,19?,20-,21+/m0/s1. The Hall–Kier alpha value is -0.120. The number of rotatable bonds is 1. The molecule has 4 aliphatic rings. The number of aliphatic hydroxyl groups is 2. The van der Waals surface area contributed by atoms with E-state index in [1.54, 1.807) is 0 Å². The highest BCUT2D eigenvalue weighted by Crippen LogP contribution is 2.67. The molecule has 4 rings (SSSR count). The van der Waals surface area contributed by atoms with Crippen molar-refractivity contribution in [2.45, 2.75) is 90.4 Å². The van der Waals surface area contributed by atoms with Gasteiger partial charge < -0.3 is 15.9 Å². The maximum atomic E-state index is 11.3. The molecule has 4 fully saturated rings. The van der Waals surface area contributed by atoms with Gasteiger partial charge in [0.05, 0.1) is 12.2 Å². The summed E-state index contributed by atoms with van der Waals surface area (Å²) in [6, 6.07) is 0.237. The molecule has 0 radical (unpaired) electrons. The molecule has 3 nitrogen and oxygen atoms in total. The zero-order valence-electron chi connectivity index (χ0n) is 15.7. The third-order valence-corrected chi connectivity index (χ3v) is 9.27. The van der Waals surface area contributed by atoms with Crippen molar-refractivity contribution in [1.29, 1.82) is 0 Å².